The zero-order chi connectivity index (χ0) is 22.7. The number of carbonyl (C=O) groups excluding carboxylic acids is 3. The maximum Gasteiger partial charge on any atom is 0.343 e. The number of thioether (sulfide) groups is 1. The van der Waals surface area contributed by atoms with Gasteiger partial charge in [-0.15, -0.1) is 0 Å². The quantitative estimate of drug-likeness (QED) is 0.237. The molecule has 0 aliphatic carbocycles. The Morgan fingerprint density at radius 3 is 2.09 bits per heavy atom. The number of hydrogen-bond acceptors (Lipinski definition) is 5. The number of rotatable bonds is 5. The van der Waals surface area contributed by atoms with Crippen LogP contribution in [0.15, 0.2) is 77.7 Å². The molecule has 1 aliphatic heterocycles. The van der Waals surface area contributed by atoms with Gasteiger partial charge < -0.3 is 4.74 Å². The second-order valence-electron chi connectivity index (χ2n) is 6.86. The van der Waals surface area contributed by atoms with Gasteiger partial charge in [0.05, 0.1) is 17.0 Å². The van der Waals surface area contributed by atoms with E-state index in [2.05, 4.69) is 0 Å². The van der Waals surface area contributed by atoms with Crippen LogP contribution in [0.4, 0.5) is 4.79 Å². The molecule has 0 aromatic heterocycles. The lowest BCUT2D eigenvalue weighted by molar-refractivity contribution is -0.123. The highest BCUT2D eigenvalue weighted by molar-refractivity contribution is 8.18. The van der Waals surface area contributed by atoms with Gasteiger partial charge in [0.15, 0.2) is 0 Å². The third-order valence-corrected chi connectivity index (χ3v) is 6.01. The molecular formula is C24H15Cl2NO4S. The van der Waals surface area contributed by atoms with Crippen LogP contribution in [-0.4, -0.2) is 22.0 Å². The van der Waals surface area contributed by atoms with E-state index in [0.717, 1.165) is 17.3 Å². The van der Waals surface area contributed by atoms with Crippen LogP contribution in [0.25, 0.3) is 6.08 Å². The molecule has 1 heterocycles. The van der Waals surface area contributed by atoms with E-state index < -0.39 is 5.97 Å². The topological polar surface area (TPSA) is 63.7 Å². The van der Waals surface area contributed by atoms with E-state index in [1.807, 2.05) is 0 Å². The van der Waals surface area contributed by atoms with Gasteiger partial charge in [0.1, 0.15) is 5.75 Å². The predicted molar refractivity (Wildman–Crippen MR) is 126 cm³/mol. The van der Waals surface area contributed by atoms with E-state index in [1.165, 1.54) is 4.90 Å². The molecule has 1 fully saturated rings. The number of halogens is 2. The first-order chi connectivity index (χ1) is 15.4. The first kappa shape index (κ1) is 22.1. The summed E-state index contributed by atoms with van der Waals surface area (Å²) in [7, 11) is 0. The van der Waals surface area contributed by atoms with Crippen molar-refractivity contribution in [3.05, 3.63) is 104 Å². The summed E-state index contributed by atoms with van der Waals surface area (Å²) in [5, 5.41) is 0.790. The molecule has 2 amide bonds. The minimum Gasteiger partial charge on any atom is -0.423 e. The van der Waals surface area contributed by atoms with Crippen molar-refractivity contribution in [1.29, 1.82) is 0 Å². The van der Waals surface area contributed by atoms with Crippen molar-refractivity contribution < 1.29 is 19.1 Å². The van der Waals surface area contributed by atoms with Gasteiger partial charge in [-0.25, -0.2) is 4.79 Å². The average Bonchev–Trinajstić information content (AvgIpc) is 3.04. The first-order valence-electron chi connectivity index (χ1n) is 9.47. The van der Waals surface area contributed by atoms with Crippen LogP contribution >= 0.6 is 35.0 Å². The number of carbonyl (C=O) groups is 3. The number of nitrogens with zero attached hydrogens (tertiary/aromatic N) is 1. The van der Waals surface area contributed by atoms with Crippen molar-refractivity contribution >= 4 is 58.2 Å². The number of amides is 2. The van der Waals surface area contributed by atoms with Crippen molar-refractivity contribution in [1.82, 2.24) is 4.90 Å². The zero-order valence-electron chi connectivity index (χ0n) is 16.5. The minimum atomic E-state index is -0.502. The van der Waals surface area contributed by atoms with Crippen LogP contribution in [0.1, 0.15) is 21.5 Å². The Morgan fingerprint density at radius 1 is 0.875 bits per heavy atom. The number of imide groups is 1. The minimum absolute atomic E-state index is 0.179. The Bertz CT molecular complexity index is 1210. The molecule has 4 rings (SSSR count). The maximum atomic E-state index is 12.7. The highest BCUT2D eigenvalue weighted by atomic mass is 35.5. The van der Waals surface area contributed by atoms with Gasteiger partial charge in [-0.2, -0.15) is 0 Å². The van der Waals surface area contributed by atoms with Crippen LogP contribution in [0.2, 0.25) is 10.0 Å². The average molecular weight is 484 g/mol. The molecule has 0 unspecified atom stereocenters. The van der Waals surface area contributed by atoms with Gasteiger partial charge in [0.2, 0.25) is 0 Å². The van der Waals surface area contributed by atoms with E-state index in [0.29, 0.717) is 31.8 Å². The third kappa shape index (κ3) is 5.22. The van der Waals surface area contributed by atoms with E-state index >= 15 is 0 Å². The summed E-state index contributed by atoms with van der Waals surface area (Å²) < 4.78 is 5.35. The molecule has 0 N–H and O–H groups in total. The largest absolute Gasteiger partial charge is 0.423 e. The van der Waals surface area contributed by atoms with Crippen molar-refractivity contribution in [3.8, 4) is 5.75 Å². The molecule has 32 heavy (non-hydrogen) atoms. The molecular weight excluding hydrogens is 469 g/mol. The number of ether oxygens (including phenoxy) is 1. The third-order valence-electron chi connectivity index (χ3n) is 4.60. The fraction of sp³-hybridized carbons (Fsp3) is 0.0417. The molecule has 8 heteroatoms. The van der Waals surface area contributed by atoms with Gasteiger partial charge in [-0.3, -0.25) is 14.5 Å². The summed E-state index contributed by atoms with van der Waals surface area (Å²) >= 11 is 12.6. The van der Waals surface area contributed by atoms with Gasteiger partial charge in [-0.1, -0.05) is 47.5 Å². The van der Waals surface area contributed by atoms with E-state index in [1.54, 1.807) is 78.9 Å². The Morgan fingerprint density at radius 2 is 1.47 bits per heavy atom. The van der Waals surface area contributed by atoms with E-state index in [9.17, 15) is 14.4 Å². The van der Waals surface area contributed by atoms with Gasteiger partial charge in [0.25, 0.3) is 11.1 Å². The predicted octanol–water partition coefficient (Wildman–Crippen LogP) is 6.45. The zero-order valence-corrected chi connectivity index (χ0v) is 18.8. The number of benzene rings is 3. The molecule has 0 saturated carbocycles. The molecule has 3 aromatic carbocycles. The Balaban J connectivity index is 1.42. The van der Waals surface area contributed by atoms with Gasteiger partial charge in [0, 0.05) is 10.0 Å². The molecule has 0 spiro atoms. The Hall–Kier alpha value is -3.06. The highest BCUT2D eigenvalue weighted by Crippen LogP contribution is 2.33. The van der Waals surface area contributed by atoms with Crippen molar-refractivity contribution in [2.45, 2.75) is 6.54 Å². The van der Waals surface area contributed by atoms with E-state index in [-0.39, 0.29) is 17.7 Å². The standard InChI is InChI=1S/C24H15Cl2NO4S/c25-18-7-1-16(2-8-18)14-27-22(28)21(32-24(27)30)13-15-3-11-20(12-4-15)31-23(29)17-5-9-19(26)10-6-17/h1-13H,14H2/b21-13-. The first-order valence-corrected chi connectivity index (χ1v) is 11.0. The monoisotopic (exact) mass is 483 g/mol. The summed E-state index contributed by atoms with van der Waals surface area (Å²) in [5.74, 6) is -0.496. The van der Waals surface area contributed by atoms with Crippen molar-refractivity contribution in [2.75, 3.05) is 0 Å². The lowest BCUT2D eigenvalue weighted by Gasteiger charge is -2.12. The van der Waals surface area contributed by atoms with Crippen molar-refractivity contribution in [2.24, 2.45) is 0 Å². The fourth-order valence-electron chi connectivity index (χ4n) is 2.94. The molecule has 1 aliphatic rings. The summed E-state index contributed by atoms with van der Waals surface area (Å²) in [6, 6.07) is 20.0. The van der Waals surface area contributed by atoms with Crippen LogP contribution < -0.4 is 4.74 Å². The molecule has 3 aromatic rings. The lowest BCUT2D eigenvalue weighted by Crippen LogP contribution is -2.27. The molecule has 0 radical (unpaired) electrons. The number of hydrogen-bond donors (Lipinski definition) is 0. The normalized spacial score (nSPS) is 14.8. The summed E-state index contributed by atoms with van der Waals surface area (Å²) in [6.45, 7) is 0.179. The maximum absolute atomic E-state index is 12.7. The molecule has 1 saturated heterocycles. The van der Waals surface area contributed by atoms with Crippen molar-refractivity contribution in [3.63, 3.8) is 0 Å². The fourth-order valence-corrected chi connectivity index (χ4v) is 4.03. The molecule has 0 bridgehead atoms. The summed E-state index contributed by atoms with van der Waals surface area (Å²) in [4.78, 5) is 38.7. The Labute approximate surface area is 198 Å². The summed E-state index contributed by atoms with van der Waals surface area (Å²) in [5.41, 5.74) is 1.89. The highest BCUT2D eigenvalue weighted by Gasteiger charge is 2.34. The van der Waals surface area contributed by atoms with Gasteiger partial charge in [-0.05, 0) is 77.5 Å². The Kier molecular flexibility index (Phi) is 6.65. The molecule has 160 valence electrons. The molecule has 0 atom stereocenters. The smallest absolute Gasteiger partial charge is 0.343 e. The number of esters is 1. The molecule has 5 nitrogen and oxygen atoms in total. The van der Waals surface area contributed by atoms with Crippen LogP contribution in [0.5, 0.6) is 5.75 Å². The van der Waals surface area contributed by atoms with E-state index in [4.69, 9.17) is 27.9 Å². The van der Waals surface area contributed by atoms with Crippen LogP contribution in [0.3, 0.4) is 0 Å². The SMILES string of the molecule is O=C(Oc1ccc(/C=C2\SC(=O)N(Cc3ccc(Cl)cc3)C2=O)cc1)c1ccc(Cl)cc1. The second kappa shape index (κ2) is 9.61. The lowest BCUT2D eigenvalue weighted by atomic mass is 10.2. The summed E-state index contributed by atoms with van der Waals surface area (Å²) in [6.07, 6.45) is 1.64. The van der Waals surface area contributed by atoms with Crippen LogP contribution in [-0.2, 0) is 11.3 Å². The van der Waals surface area contributed by atoms with Crippen LogP contribution in [0, 0.1) is 0 Å². The second-order valence-corrected chi connectivity index (χ2v) is 8.73. The van der Waals surface area contributed by atoms with Gasteiger partial charge >= 0.3 is 5.97 Å².